The maximum Gasteiger partial charge on any atom is 0.233 e. The molecular weight excluding hydrogens is 406 g/mol. The van der Waals surface area contributed by atoms with Crippen molar-refractivity contribution in [1.29, 1.82) is 0 Å². The van der Waals surface area contributed by atoms with Gasteiger partial charge in [-0.05, 0) is 53.8 Å². The van der Waals surface area contributed by atoms with Crippen molar-refractivity contribution in [3.8, 4) is 0 Å². The number of amides is 1. The zero-order chi connectivity index (χ0) is 20.1. The largest absolute Gasteiger partial charge is 0.467 e. The first-order chi connectivity index (χ1) is 14.2. The molecule has 1 saturated heterocycles. The number of aromatic nitrogens is 3. The summed E-state index contributed by atoms with van der Waals surface area (Å²) in [6.07, 6.45) is 5.27. The smallest absolute Gasteiger partial charge is 0.233 e. The van der Waals surface area contributed by atoms with Crippen LogP contribution >= 0.6 is 23.1 Å². The quantitative estimate of drug-likeness (QED) is 0.507. The van der Waals surface area contributed by atoms with Gasteiger partial charge in [-0.1, -0.05) is 11.8 Å². The predicted molar refractivity (Wildman–Crippen MR) is 115 cm³/mol. The van der Waals surface area contributed by atoms with Crippen LogP contribution < -0.4 is 4.90 Å². The number of piperidine rings is 1. The van der Waals surface area contributed by atoms with Crippen molar-refractivity contribution in [3.63, 3.8) is 0 Å². The third-order valence-electron chi connectivity index (χ3n) is 4.98. The van der Waals surface area contributed by atoms with Crippen molar-refractivity contribution in [2.45, 2.75) is 37.5 Å². The number of hydrogen-bond donors (Lipinski definition) is 0. The fourth-order valence-corrected chi connectivity index (χ4v) is 4.93. The monoisotopic (exact) mass is 431 g/mol. The Morgan fingerprint density at radius 1 is 1.28 bits per heavy atom. The molecule has 0 N–H and O–H groups in total. The molecule has 0 saturated carbocycles. The van der Waals surface area contributed by atoms with E-state index in [2.05, 4.69) is 25.0 Å². The molecule has 0 radical (unpaired) electrons. The second-order valence-electron chi connectivity index (χ2n) is 7.17. The SMILES string of the molecule is CN(Cc1ccsc1)C(=O)CSc1nnc(N2CCCCC2)n1Cc1ccco1. The van der Waals surface area contributed by atoms with Crippen LogP contribution in [0.25, 0.3) is 0 Å². The van der Waals surface area contributed by atoms with Gasteiger partial charge in [-0.25, -0.2) is 0 Å². The van der Waals surface area contributed by atoms with Gasteiger partial charge in [0.05, 0.1) is 18.6 Å². The first-order valence-corrected chi connectivity index (χ1v) is 11.7. The Balaban J connectivity index is 1.45. The molecule has 1 fully saturated rings. The van der Waals surface area contributed by atoms with Gasteiger partial charge in [0.2, 0.25) is 11.9 Å². The van der Waals surface area contributed by atoms with E-state index >= 15 is 0 Å². The lowest BCUT2D eigenvalue weighted by atomic mass is 10.1. The van der Waals surface area contributed by atoms with Gasteiger partial charge in [0, 0.05) is 26.7 Å². The van der Waals surface area contributed by atoms with Gasteiger partial charge >= 0.3 is 0 Å². The second kappa shape index (κ2) is 9.49. The molecular formula is C20H25N5O2S2. The van der Waals surface area contributed by atoms with Gasteiger partial charge in [-0.2, -0.15) is 11.3 Å². The van der Waals surface area contributed by atoms with Crippen LogP contribution in [0, 0.1) is 0 Å². The molecule has 1 amide bonds. The summed E-state index contributed by atoms with van der Waals surface area (Å²) in [4.78, 5) is 16.6. The number of rotatable bonds is 8. The Labute approximate surface area is 178 Å². The van der Waals surface area contributed by atoms with E-state index < -0.39 is 0 Å². The van der Waals surface area contributed by atoms with E-state index in [1.807, 2.05) is 30.6 Å². The van der Waals surface area contributed by atoms with Crippen molar-refractivity contribution < 1.29 is 9.21 Å². The van der Waals surface area contributed by atoms with Crippen LogP contribution in [-0.2, 0) is 17.9 Å². The summed E-state index contributed by atoms with van der Waals surface area (Å²) in [6.45, 7) is 3.17. The molecule has 0 bridgehead atoms. The highest BCUT2D eigenvalue weighted by Gasteiger charge is 2.22. The van der Waals surface area contributed by atoms with Crippen molar-refractivity contribution in [2.24, 2.45) is 0 Å². The van der Waals surface area contributed by atoms with Crippen molar-refractivity contribution in [2.75, 3.05) is 30.8 Å². The van der Waals surface area contributed by atoms with Crippen LogP contribution in [0.1, 0.15) is 30.6 Å². The topological polar surface area (TPSA) is 67.4 Å². The Hall–Kier alpha value is -2.26. The molecule has 0 aromatic carbocycles. The number of carbonyl (C=O) groups is 1. The third-order valence-corrected chi connectivity index (χ3v) is 6.66. The highest BCUT2D eigenvalue weighted by Crippen LogP contribution is 2.26. The van der Waals surface area contributed by atoms with Crippen molar-refractivity contribution >= 4 is 35.0 Å². The van der Waals surface area contributed by atoms with Gasteiger partial charge < -0.3 is 14.2 Å². The van der Waals surface area contributed by atoms with Gasteiger partial charge in [-0.15, -0.1) is 10.2 Å². The number of carbonyl (C=O) groups excluding carboxylic acids is 1. The Bertz CT molecular complexity index is 902. The number of hydrogen-bond acceptors (Lipinski definition) is 7. The highest BCUT2D eigenvalue weighted by molar-refractivity contribution is 7.99. The molecule has 0 unspecified atom stereocenters. The summed E-state index contributed by atoms with van der Waals surface area (Å²) < 4.78 is 7.62. The molecule has 154 valence electrons. The van der Waals surface area contributed by atoms with E-state index in [1.54, 1.807) is 22.5 Å². The second-order valence-corrected chi connectivity index (χ2v) is 8.89. The average molecular weight is 432 g/mol. The first-order valence-electron chi connectivity index (χ1n) is 9.79. The first kappa shape index (κ1) is 20.0. The standard InChI is InChI=1S/C20H25N5O2S2/c1-23(12-16-7-11-28-14-16)18(26)15-29-20-22-21-19(24-8-3-2-4-9-24)25(20)13-17-6-5-10-27-17/h5-7,10-11,14H,2-4,8-9,12-13,15H2,1H3. The lowest BCUT2D eigenvalue weighted by Gasteiger charge is -2.27. The number of nitrogens with zero attached hydrogens (tertiary/aromatic N) is 5. The predicted octanol–water partition coefficient (Wildman–Crippen LogP) is 3.72. The van der Waals surface area contributed by atoms with Gasteiger partial charge in [0.1, 0.15) is 5.76 Å². The van der Waals surface area contributed by atoms with Crippen LogP contribution in [0.5, 0.6) is 0 Å². The molecule has 3 aromatic heterocycles. The molecule has 3 aromatic rings. The zero-order valence-electron chi connectivity index (χ0n) is 16.5. The molecule has 1 aliphatic heterocycles. The van der Waals surface area contributed by atoms with Crippen molar-refractivity contribution in [1.82, 2.24) is 19.7 Å². The third kappa shape index (κ3) is 5.02. The Morgan fingerprint density at radius 3 is 2.86 bits per heavy atom. The van der Waals surface area contributed by atoms with Gasteiger partial charge in [0.15, 0.2) is 5.16 Å². The lowest BCUT2D eigenvalue weighted by molar-refractivity contribution is -0.127. The maximum atomic E-state index is 12.6. The van der Waals surface area contributed by atoms with Crippen LogP contribution in [0.4, 0.5) is 5.95 Å². The summed E-state index contributed by atoms with van der Waals surface area (Å²) in [7, 11) is 1.84. The summed E-state index contributed by atoms with van der Waals surface area (Å²) in [5.74, 6) is 2.12. The molecule has 4 heterocycles. The Kier molecular flexibility index (Phi) is 6.56. The minimum atomic E-state index is 0.0771. The fourth-order valence-electron chi connectivity index (χ4n) is 3.39. The average Bonchev–Trinajstić information content (AvgIpc) is 3.50. The highest BCUT2D eigenvalue weighted by atomic mass is 32.2. The van der Waals surface area contributed by atoms with E-state index in [-0.39, 0.29) is 5.91 Å². The molecule has 7 nitrogen and oxygen atoms in total. The van der Waals surface area contributed by atoms with Crippen LogP contribution in [0.15, 0.2) is 44.8 Å². The lowest BCUT2D eigenvalue weighted by Crippen LogP contribution is -2.32. The van der Waals surface area contributed by atoms with E-state index in [1.165, 1.54) is 31.0 Å². The fraction of sp³-hybridized carbons (Fsp3) is 0.450. The minimum Gasteiger partial charge on any atom is -0.467 e. The van der Waals surface area contributed by atoms with E-state index in [0.29, 0.717) is 18.8 Å². The van der Waals surface area contributed by atoms with Gasteiger partial charge in [0.25, 0.3) is 0 Å². The molecule has 0 atom stereocenters. The normalized spacial score (nSPS) is 14.3. The zero-order valence-corrected chi connectivity index (χ0v) is 18.1. The molecule has 1 aliphatic rings. The summed E-state index contributed by atoms with van der Waals surface area (Å²) in [5.41, 5.74) is 1.16. The number of anilines is 1. The molecule has 29 heavy (non-hydrogen) atoms. The van der Waals surface area contributed by atoms with E-state index in [0.717, 1.165) is 35.5 Å². The summed E-state index contributed by atoms with van der Waals surface area (Å²) >= 11 is 3.08. The molecule has 9 heteroatoms. The number of thioether (sulfide) groups is 1. The molecule has 0 spiro atoms. The molecule has 4 rings (SSSR count). The minimum absolute atomic E-state index is 0.0771. The number of furan rings is 1. The molecule has 0 aliphatic carbocycles. The van der Waals surface area contributed by atoms with E-state index in [9.17, 15) is 4.79 Å². The maximum absolute atomic E-state index is 12.6. The van der Waals surface area contributed by atoms with Crippen molar-refractivity contribution in [3.05, 3.63) is 46.5 Å². The van der Waals surface area contributed by atoms with Crippen LogP contribution in [0.3, 0.4) is 0 Å². The van der Waals surface area contributed by atoms with Crippen LogP contribution in [-0.4, -0.2) is 51.5 Å². The van der Waals surface area contributed by atoms with E-state index in [4.69, 9.17) is 4.42 Å². The summed E-state index contributed by atoms with van der Waals surface area (Å²) in [5, 5.41) is 13.7. The van der Waals surface area contributed by atoms with Gasteiger partial charge in [-0.3, -0.25) is 9.36 Å². The van der Waals surface area contributed by atoms with Crippen LogP contribution in [0.2, 0.25) is 0 Å². The Morgan fingerprint density at radius 2 is 2.14 bits per heavy atom. The number of thiophene rings is 1. The summed E-state index contributed by atoms with van der Waals surface area (Å²) in [6, 6.07) is 5.89.